The van der Waals surface area contributed by atoms with Crippen LogP contribution in [0.4, 0.5) is 5.82 Å². The van der Waals surface area contributed by atoms with Crippen molar-refractivity contribution in [3.05, 3.63) is 35.0 Å². The van der Waals surface area contributed by atoms with Crippen molar-refractivity contribution in [1.82, 2.24) is 15.0 Å². The fourth-order valence-corrected chi connectivity index (χ4v) is 3.24. The molecule has 1 aromatic heterocycles. The van der Waals surface area contributed by atoms with Gasteiger partial charge in [-0.3, -0.25) is 0 Å². The van der Waals surface area contributed by atoms with E-state index in [1.54, 1.807) is 24.3 Å². The normalized spacial score (nSPS) is 18.2. The maximum atomic E-state index is 11.6. The number of carbonyl (C=O) groups is 1. The first-order valence-corrected chi connectivity index (χ1v) is 8.21. The summed E-state index contributed by atoms with van der Waals surface area (Å²) in [6, 6.07) is 7.37. The first kappa shape index (κ1) is 15.8. The van der Waals surface area contributed by atoms with Gasteiger partial charge in [-0.05, 0) is 43.9 Å². The molecule has 1 N–H and O–H groups in total. The summed E-state index contributed by atoms with van der Waals surface area (Å²) in [5, 5.41) is 18.7. The van der Waals surface area contributed by atoms with Crippen molar-refractivity contribution in [3.63, 3.8) is 0 Å². The Morgan fingerprint density at radius 1 is 1.39 bits per heavy atom. The van der Waals surface area contributed by atoms with E-state index < -0.39 is 5.97 Å². The molecule has 1 saturated heterocycles. The number of piperidine rings is 1. The highest BCUT2D eigenvalue weighted by atomic mass is 35.5. The first-order valence-electron chi connectivity index (χ1n) is 7.83. The zero-order valence-electron chi connectivity index (χ0n) is 12.9. The number of hydrogen-bond acceptors (Lipinski definition) is 4. The van der Waals surface area contributed by atoms with Crippen LogP contribution in [0, 0.1) is 0 Å². The molecule has 0 amide bonds. The van der Waals surface area contributed by atoms with E-state index in [1.165, 1.54) is 11.2 Å². The molecule has 0 spiro atoms. The molecular formula is C16H19ClN4O2. The van der Waals surface area contributed by atoms with Crippen LogP contribution in [0.1, 0.15) is 43.1 Å². The Morgan fingerprint density at radius 2 is 2.22 bits per heavy atom. The Labute approximate surface area is 139 Å². The van der Waals surface area contributed by atoms with Crippen molar-refractivity contribution >= 4 is 23.4 Å². The molecule has 1 fully saturated rings. The van der Waals surface area contributed by atoms with Crippen LogP contribution >= 0.6 is 11.6 Å². The van der Waals surface area contributed by atoms with Gasteiger partial charge in [-0.1, -0.05) is 24.6 Å². The molecule has 0 unspecified atom stereocenters. The average molecular weight is 335 g/mol. The van der Waals surface area contributed by atoms with Crippen LogP contribution in [0.5, 0.6) is 0 Å². The van der Waals surface area contributed by atoms with Gasteiger partial charge in [0.2, 0.25) is 5.69 Å². The third-order valence-electron chi connectivity index (χ3n) is 4.21. The maximum absolute atomic E-state index is 11.6. The lowest BCUT2D eigenvalue weighted by molar-refractivity contribution is 0.0690. The minimum Gasteiger partial charge on any atom is -0.476 e. The number of halogens is 1. The fraction of sp³-hybridized carbons (Fsp3) is 0.438. The number of aromatic nitrogens is 3. The minimum atomic E-state index is -1.06. The van der Waals surface area contributed by atoms with Gasteiger partial charge >= 0.3 is 5.97 Å². The smallest absolute Gasteiger partial charge is 0.360 e. The van der Waals surface area contributed by atoms with Gasteiger partial charge in [0.15, 0.2) is 5.82 Å². The van der Waals surface area contributed by atoms with Crippen molar-refractivity contribution in [1.29, 1.82) is 0 Å². The highest BCUT2D eigenvalue weighted by Crippen LogP contribution is 2.28. The Morgan fingerprint density at radius 3 is 2.91 bits per heavy atom. The van der Waals surface area contributed by atoms with Crippen molar-refractivity contribution in [2.45, 2.75) is 38.6 Å². The molecule has 1 aromatic carbocycles. The van der Waals surface area contributed by atoms with Crippen molar-refractivity contribution in [2.24, 2.45) is 0 Å². The number of carboxylic acids is 1. The summed E-state index contributed by atoms with van der Waals surface area (Å²) in [4.78, 5) is 15.0. The molecule has 0 bridgehead atoms. The molecule has 0 saturated carbocycles. The van der Waals surface area contributed by atoms with Gasteiger partial charge in [0.1, 0.15) is 0 Å². The number of aromatic carboxylic acids is 1. The van der Waals surface area contributed by atoms with Gasteiger partial charge in [-0.15, -0.1) is 15.0 Å². The largest absolute Gasteiger partial charge is 0.476 e. The fourth-order valence-electron chi connectivity index (χ4n) is 3.05. The number of anilines is 1. The Bertz CT molecular complexity index is 716. The molecule has 0 aliphatic carbocycles. The molecule has 1 aliphatic heterocycles. The van der Waals surface area contributed by atoms with E-state index in [4.69, 9.17) is 11.6 Å². The van der Waals surface area contributed by atoms with Gasteiger partial charge in [0.25, 0.3) is 0 Å². The highest BCUT2D eigenvalue weighted by molar-refractivity contribution is 6.30. The van der Waals surface area contributed by atoms with Crippen LogP contribution < -0.4 is 4.90 Å². The lowest BCUT2D eigenvalue weighted by Gasteiger charge is -2.35. The van der Waals surface area contributed by atoms with Crippen LogP contribution in [0.15, 0.2) is 24.3 Å². The summed E-state index contributed by atoms with van der Waals surface area (Å²) in [6.45, 7) is 2.93. The second kappa shape index (κ2) is 6.58. The standard InChI is InChI=1S/C16H19ClN4O2/c1-2-12-7-3-4-9-20(12)15-14(16(22)23)18-21(19-15)13-8-5-6-11(17)10-13/h5-6,8,10,12H,2-4,7,9H2,1H3,(H,22,23)/t12-/m1/s1. The summed E-state index contributed by atoms with van der Waals surface area (Å²) >= 11 is 6.00. The van der Waals surface area contributed by atoms with E-state index in [0.717, 1.165) is 25.8 Å². The SMILES string of the molecule is CC[C@@H]1CCCCN1c1nn(-c2cccc(Cl)c2)nc1C(=O)O. The monoisotopic (exact) mass is 334 g/mol. The van der Waals surface area contributed by atoms with Gasteiger partial charge < -0.3 is 10.0 Å². The highest BCUT2D eigenvalue weighted by Gasteiger charge is 2.29. The predicted octanol–water partition coefficient (Wildman–Crippen LogP) is 3.39. The number of carboxylic acid groups (broad SMARTS) is 1. The molecule has 0 radical (unpaired) electrons. The zero-order chi connectivity index (χ0) is 16.4. The number of rotatable bonds is 4. The van der Waals surface area contributed by atoms with Crippen molar-refractivity contribution in [2.75, 3.05) is 11.4 Å². The third-order valence-corrected chi connectivity index (χ3v) is 4.44. The van der Waals surface area contributed by atoms with Crippen LogP contribution in [-0.2, 0) is 0 Å². The van der Waals surface area contributed by atoms with Crippen LogP contribution in [0.3, 0.4) is 0 Å². The maximum Gasteiger partial charge on any atom is 0.360 e. The predicted molar refractivity (Wildman–Crippen MR) is 88.6 cm³/mol. The summed E-state index contributed by atoms with van der Waals surface area (Å²) < 4.78 is 0. The van der Waals surface area contributed by atoms with Gasteiger partial charge in [0.05, 0.1) is 5.69 Å². The van der Waals surface area contributed by atoms with E-state index in [9.17, 15) is 9.90 Å². The van der Waals surface area contributed by atoms with Gasteiger partial charge in [-0.2, -0.15) is 0 Å². The number of benzene rings is 1. The number of nitrogens with zero attached hydrogens (tertiary/aromatic N) is 4. The van der Waals surface area contributed by atoms with Gasteiger partial charge in [-0.25, -0.2) is 4.79 Å². The summed E-state index contributed by atoms with van der Waals surface area (Å²) in [7, 11) is 0. The Kier molecular flexibility index (Phi) is 4.52. The van der Waals surface area contributed by atoms with Crippen LogP contribution in [0.25, 0.3) is 5.69 Å². The van der Waals surface area contributed by atoms with E-state index in [-0.39, 0.29) is 5.69 Å². The van der Waals surface area contributed by atoms with Gasteiger partial charge in [0, 0.05) is 17.6 Å². The molecule has 1 atom stereocenters. The molecule has 122 valence electrons. The molecule has 7 heteroatoms. The Balaban J connectivity index is 2.04. The van der Waals surface area contributed by atoms with E-state index in [0.29, 0.717) is 22.6 Å². The lowest BCUT2D eigenvalue weighted by atomic mass is 10.00. The lowest BCUT2D eigenvalue weighted by Crippen LogP contribution is -2.40. The minimum absolute atomic E-state index is 0.00896. The van der Waals surface area contributed by atoms with Crippen LogP contribution in [0.2, 0.25) is 5.02 Å². The molecule has 1 aliphatic rings. The molecular weight excluding hydrogens is 316 g/mol. The zero-order valence-corrected chi connectivity index (χ0v) is 13.7. The molecule has 2 heterocycles. The molecule has 3 rings (SSSR count). The Hall–Kier alpha value is -2.08. The second-order valence-electron chi connectivity index (χ2n) is 5.70. The van der Waals surface area contributed by atoms with E-state index in [2.05, 4.69) is 22.0 Å². The van der Waals surface area contributed by atoms with Crippen molar-refractivity contribution < 1.29 is 9.90 Å². The first-order chi connectivity index (χ1) is 11.1. The van der Waals surface area contributed by atoms with E-state index in [1.807, 2.05) is 0 Å². The van der Waals surface area contributed by atoms with E-state index >= 15 is 0 Å². The average Bonchev–Trinajstić information content (AvgIpc) is 3.00. The summed E-state index contributed by atoms with van der Waals surface area (Å²) in [6.07, 6.45) is 4.22. The second-order valence-corrected chi connectivity index (χ2v) is 6.13. The molecule has 23 heavy (non-hydrogen) atoms. The van der Waals surface area contributed by atoms with Crippen LogP contribution in [-0.4, -0.2) is 38.7 Å². The molecule has 2 aromatic rings. The topological polar surface area (TPSA) is 71.2 Å². The number of hydrogen-bond donors (Lipinski definition) is 1. The summed E-state index contributed by atoms with van der Waals surface area (Å²) in [5.74, 6) is -0.613. The molecule has 6 nitrogen and oxygen atoms in total. The quantitative estimate of drug-likeness (QED) is 0.928. The van der Waals surface area contributed by atoms with Crippen molar-refractivity contribution in [3.8, 4) is 5.69 Å². The third kappa shape index (κ3) is 3.17. The summed E-state index contributed by atoms with van der Waals surface area (Å²) in [5.41, 5.74) is 0.640.